The first-order valence-corrected chi connectivity index (χ1v) is 21.7. The predicted molar refractivity (Wildman–Crippen MR) is 217 cm³/mol. The molecule has 2 atom stereocenters. The highest BCUT2D eigenvalue weighted by atomic mass is 32.2. The smallest absolute Gasteiger partial charge is 0.315 e. The largest absolute Gasteiger partial charge is 0.347 e. The SMILES string of the molecule is C=CCNC(=O)C(=O)CNC(=O)C1CCCN1C(=O)CNC(=O)NC1(C2CCS2(=O)=O)CCCCC1.CC.CC.CC.CC.CC(C)C.CCCC. The molecule has 52 heavy (non-hydrogen) atoms. The molecule has 3 fully saturated rings. The normalized spacial score (nSPS) is 18.4. The van der Waals surface area contributed by atoms with Crippen LogP contribution in [0.5, 0.6) is 0 Å². The molecule has 0 aromatic rings. The maximum Gasteiger partial charge on any atom is 0.315 e. The molecule has 13 heteroatoms. The van der Waals surface area contributed by atoms with E-state index in [1.807, 2.05) is 55.4 Å². The van der Waals surface area contributed by atoms with Crippen molar-refractivity contribution in [1.82, 2.24) is 26.2 Å². The number of sulfone groups is 1. The van der Waals surface area contributed by atoms with Gasteiger partial charge in [-0.2, -0.15) is 0 Å². The number of hydrogen-bond donors (Lipinski definition) is 4. The Kier molecular flexibility index (Phi) is 36.3. The Morgan fingerprint density at radius 3 is 1.73 bits per heavy atom. The molecule has 1 aliphatic carbocycles. The molecule has 2 aliphatic heterocycles. The zero-order valence-electron chi connectivity index (χ0n) is 35.3. The molecule has 3 aliphatic rings. The lowest BCUT2D eigenvalue weighted by Crippen LogP contribution is -2.65. The molecule has 2 unspecified atom stereocenters. The van der Waals surface area contributed by atoms with Crippen LogP contribution >= 0.6 is 0 Å². The minimum absolute atomic E-state index is 0.127. The molecule has 4 N–H and O–H groups in total. The molecule has 308 valence electrons. The van der Waals surface area contributed by atoms with E-state index in [1.54, 1.807) is 0 Å². The summed E-state index contributed by atoms with van der Waals surface area (Å²) in [6, 6.07) is -1.42. The molecule has 0 bridgehead atoms. The van der Waals surface area contributed by atoms with Crippen LogP contribution in [0.25, 0.3) is 0 Å². The second-order valence-corrected chi connectivity index (χ2v) is 14.6. The summed E-state index contributed by atoms with van der Waals surface area (Å²) in [5.74, 6) is -1.71. The lowest BCUT2D eigenvalue weighted by Gasteiger charge is -2.47. The fourth-order valence-electron chi connectivity index (χ4n) is 5.25. The van der Waals surface area contributed by atoms with Gasteiger partial charge in [-0.1, -0.05) is 128 Å². The van der Waals surface area contributed by atoms with E-state index >= 15 is 0 Å². The summed E-state index contributed by atoms with van der Waals surface area (Å²) >= 11 is 0. The van der Waals surface area contributed by atoms with Crippen molar-refractivity contribution in [3.63, 3.8) is 0 Å². The zero-order chi connectivity index (χ0) is 41.3. The molecular formula is C39H79N5O7S. The van der Waals surface area contributed by atoms with E-state index in [0.29, 0.717) is 38.6 Å². The third kappa shape index (κ3) is 22.2. The van der Waals surface area contributed by atoms with Crippen LogP contribution < -0.4 is 21.3 Å². The first-order valence-electron chi connectivity index (χ1n) is 20.0. The highest BCUT2D eigenvalue weighted by molar-refractivity contribution is 7.93. The number of carbonyl (C=O) groups is 5. The summed E-state index contributed by atoms with van der Waals surface area (Å²) in [5, 5.41) is 9.52. The van der Waals surface area contributed by atoms with Crippen LogP contribution in [-0.4, -0.2) is 91.6 Å². The molecule has 2 saturated heterocycles. The first-order chi connectivity index (χ1) is 24.7. The van der Waals surface area contributed by atoms with Crippen LogP contribution in [0.15, 0.2) is 12.7 Å². The Morgan fingerprint density at radius 2 is 1.31 bits per heavy atom. The van der Waals surface area contributed by atoms with Gasteiger partial charge in [-0.15, -0.1) is 6.58 Å². The van der Waals surface area contributed by atoms with E-state index in [1.165, 1.54) is 23.8 Å². The maximum atomic E-state index is 12.8. The first kappa shape index (κ1) is 55.8. The van der Waals surface area contributed by atoms with Gasteiger partial charge in [0.05, 0.1) is 29.6 Å². The summed E-state index contributed by atoms with van der Waals surface area (Å²) in [6.07, 6.45) is 9.35. The Bertz CT molecular complexity index is 1090. The van der Waals surface area contributed by atoms with E-state index in [2.05, 4.69) is 62.5 Å². The average molecular weight is 762 g/mol. The topological polar surface area (TPSA) is 171 Å². The molecule has 1 saturated carbocycles. The van der Waals surface area contributed by atoms with Crippen LogP contribution in [0.1, 0.15) is 154 Å². The molecule has 0 aromatic carbocycles. The minimum atomic E-state index is -3.22. The fourth-order valence-corrected chi connectivity index (χ4v) is 7.09. The number of ketones is 1. The van der Waals surface area contributed by atoms with Crippen molar-refractivity contribution in [1.29, 1.82) is 0 Å². The van der Waals surface area contributed by atoms with Crippen LogP contribution in [0.2, 0.25) is 0 Å². The lowest BCUT2D eigenvalue weighted by atomic mass is 9.78. The minimum Gasteiger partial charge on any atom is -0.347 e. The highest BCUT2D eigenvalue weighted by Crippen LogP contribution is 2.40. The molecule has 0 aromatic heterocycles. The van der Waals surface area contributed by atoms with Gasteiger partial charge in [-0.25, -0.2) is 13.2 Å². The fraction of sp³-hybridized carbons (Fsp3) is 0.821. The number of nitrogens with zero attached hydrogens (tertiary/aromatic N) is 1. The average Bonchev–Trinajstić information content (AvgIpc) is 3.65. The number of amides is 5. The Balaban J connectivity index is -0.000000619. The third-order valence-corrected chi connectivity index (χ3v) is 10.0. The number of hydrogen-bond acceptors (Lipinski definition) is 7. The standard InChI is InChI=1S/C23H35N5O7S.2C4H10.4C2H6/c1-2-11-24-21(32)17(29)14-25-20(31)16-7-6-12-28(16)19(30)15-26-22(33)27-23(9-4-3-5-10-23)18-8-13-36(18,34)35;1-4(2)3;1-3-4-2;4*1-2/h2,16,18H,1,3-15H2,(H,24,32)(H,25,31)(H2,26,27,33);4H,1-3H3;3-4H2,1-2H3;4*1-2H3. The van der Waals surface area contributed by atoms with Crippen molar-refractivity contribution in [3.05, 3.63) is 12.7 Å². The van der Waals surface area contributed by atoms with E-state index < -0.39 is 62.7 Å². The molecule has 0 spiro atoms. The van der Waals surface area contributed by atoms with E-state index in [9.17, 15) is 32.4 Å². The van der Waals surface area contributed by atoms with E-state index in [0.717, 1.165) is 25.2 Å². The summed E-state index contributed by atoms with van der Waals surface area (Å²) < 4.78 is 24.6. The number of nitrogens with one attached hydrogen (secondary N) is 4. The molecule has 3 rings (SSSR count). The number of rotatable bonds is 11. The van der Waals surface area contributed by atoms with E-state index in [4.69, 9.17) is 0 Å². The quantitative estimate of drug-likeness (QED) is 0.134. The second kappa shape index (κ2) is 33.8. The summed E-state index contributed by atoms with van der Waals surface area (Å²) in [5.41, 5.74) is -0.816. The highest BCUT2D eigenvalue weighted by Gasteiger charge is 2.52. The van der Waals surface area contributed by atoms with E-state index in [-0.39, 0.29) is 18.8 Å². The molecule has 12 nitrogen and oxygen atoms in total. The van der Waals surface area contributed by atoms with Crippen molar-refractivity contribution in [3.8, 4) is 0 Å². The number of carbonyl (C=O) groups excluding carboxylic acids is 5. The lowest BCUT2D eigenvalue weighted by molar-refractivity contribution is -0.140. The van der Waals surface area contributed by atoms with Crippen molar-refractivity contribution in [2.75, 3.05) is 31.9 Å². The van der Waals surface area contributed by atoms with Gasteiger partial charge < -0.3 is 26.2 Å². The van der Waals surface area contributed by atoms with Crippen LogP contribution in [0, 0.1) is 5.92 Å². The maximum absolute atomic E-state index is 12.8. The van der Waals surface area contributed by atoms with Gasteiger partial charge in [0.2, 0.25) is 17.6 Å². The predicted octanol–water partition coefficient (Wildman–Crippen LogP) is 6.73. The third-order valence-electron chi connectivity index (χ3n) is 7.68. The van der Waals surface area contributed by atoms with Crippen LogP contribution in [0.3, 0.4) is 0 Å². The van der Waals surface area contributed by atoms with Crippen molar-refractivity contribution in [2.24, 2.45) is 5.92 Å². The van der Waals surface area contributed by atoms with Crippen molar-refractivity contribution >= 4 is 39.4 Å². The van der Waals surface area contributed by atoms with Gasteiger partial charge in [-0.05, 0) is 38.0 Å². The van der Waals surface area contributed by atoms with Gasteiger partial charge in [0.25, 0.3) is 5.91 Å². The molecular weight excluding hydrogens is 683 g/mol. The van der Waals surface area contributed by atoms with Gasteiger partial charge in [0, 0.05) is 13.1 Å². The summed E-state index contributed by atoms with van der Waals surface area (Å²) in [6.45, 7) is 29.9. The molecule has 0 radical (unpaired) electrons. The Hall–Kier alpha value is -2.96. The Morgan fingerprint density at radius 1 is 0.788 bits per heavy atom. The Labute approximate surface area is 318 Å². The number of unbranched alkanes of at least 4 members (excludes halogenated alkanes) is 1. The monoisotopic (exact) mass is 762 g/mol. The second-order valence-electron chi connectivity index (χ2n) is 12.3. The number of urea groups is 1. The molecule has 2 heterocycles. The van der Waals surface area contributed by atoms with Crippen molar-refractivity contribution in [2.45, 2.75) is 171 Å². The van der Waals surface area contributed by atoms with Crippen LogP contribution in [0.4, 0.5) is 4.79 Å². The number of likely N-dealkylation sites (tertiary alicyclic amines) is 1. The summed E-state index contributed by atoms with van der Waals surface area (Å²) in [7, 11) is -3.22. The number of Topliss-reactive ketones (excluding diaryl/α,β-unsaturated/α-hetero) is 1. The van der Waals surface area contributed by atoms with Crippen LogP contribution in [-0.2, 0) is 29.0 Å². The van der Waals surface area contributed by atoms with Crippen molar-refractivity contribution < 1.29 is 32.4 Å². The van der Waals surface area contributed by atoms with Gasteiger partial charge in [0.1, 0.15) is 6.04 Å². The zero-order valence-corrected chi connectivity index (χ0v) is 36.2. The van der Waals surface area contributed by atoms with Gasteiger partial charge in [-0.3, -0.25) is 19.2 Å². The molecule has 5 amide bonds. The summed E-state index contributed by atoms with van der Waals surface area (Å²) in [4.78, 5) is 62.8. The van der Waals surface area contributed by atoms with Gasteiger partial charge in [0.15, 0.2) is 9.84 Å². The van der Waals surface area contributed by atoms with Gasteiger partial charge >= 0.3 is 6.03 Å².